The third-order valence-electron chi connectivity index (χ3n) is 9.68. The number of carboxylic acid groups (broad SMARTS) is 1. The van der Waals surface area contributed by atoms with Crippen LogP contribution in [0.1, 0.15) is 79.6 Å². The molecule has 0 aromatic rings. The van der Waals surface area contributed by atoms with E-state index in [9.17, 15) is 14.7 Å². The Bertz CT molecular complexity index is 739. The number of fused-ring (bicyclic) bond motifs is 5. The summed E-state index contributed by atoms with van der Waals surface area (Å²) in [6, 6.07) is 0. The number of hydrogen-bond acceptors (Lipinski definition) is 3. The van der Waals surface area contributed by atoms with Crippen LogP contribution >= 0.6 is 0 Å². The van der Waals surface area contributed by atoms with Crippen LogP contribution in [0.25, 0.3) is 0 Å². The number of allylic oxidation sites excluding steroid dienone is 2. The van der Waals surface area contributed by atoms with E-state index in [4.69, 9.17) is 4.74 Å². The molecule has 0 aromatic heterocycles. The summed E-state index contributed by atoms with van der Waals surface area (Å²) >= 11 is 0. The Hall–Kier alpha value is -1.32. The van der Waals surface area contributed by atoms with E-state index in [2.05, 4.69) is 26.8 Å². The highest BCUT2D eigenvalue weighted by molar-refractivity contribution is 5.75. The van der Waals surface area contributed by atoms with Crippen LogP contribution in [0, 0.1) is 45.8 Å². The lowest BCUT2D eigenvalue weighted by atomic mass is 9.39. The SMILES string of the molecule is CC(C)C1=CC23CCOC(=O)C(C)C1CC2C1(C)CCCC(C)(C(=O)O)C1CC3. The van der Waals surface area contributed by atoms with E-state index in [0.29, 0.717) is 18.4 Å². The summed E-state index contributed by atoms with van der Waals surface area (Å²) in [5.41, 5.74) is 0.858. The second-order valence-corrected chi connectivity index (χ2v) is 11.3. The lowest BCUT2D eigenvalue weighted by Crippen LogP contribution is -2.59. The molecule has 7 unspecified atom stereocenters. The molecule has 2 saturated carbocycles. The number of carboxylic acids is 1. The van der Waals surface area contributed by atoms with Crippen molar-refractivity contribution in [2.24, 2.45) is 45.8 Å². The highest BCUT2D eigenvalue weighted by atomic mass is 16.5. The second-order valence-electron chi connectivity index (χ2n) is 11.3. The topological polar surface area (TPSA) is 63.6 Å². The quantitative estimate of drug-likeness (QED) is 0.492. The molecule has 0 aromatic carbocycles. The fourth-order valence-electron chi connectivity index (χ4n) is 8.08. The number of carbonyl (C=O) groups is 2. The van der Waals surface area contributed by atoms with Gasteiger partial charge in [-0.2, -0.15) is 0 Å². The fraction of sp³-hybridized carbons (Fsp3) is 0.840. The summed E-state index contributed by atoms with van der Waals surface area (Å²) in [6.45, 7) is 11.4. The molecule has 4 heteroatoms. The number of hydrogen-bond donors (Lipinski definition) is 1. The van der Waals surface area contributed by atoms with Crippen molar-refractivity contribution in [3.8, 4) is 0 Å². The van der Waals surface area contributed by atoms with Crippen molar-refractivity contribution in [2.75, 3.05) is 6.61 Å². The molecule has 162 valence electrons. The van der Waals surface area contributed by atoms with Gasteiger partial charge in [-0.15, -0.1) is 0 Å². The van der Waals surface area contributed by atoms with Crippen molar-refractivity contribution < 1.29 is 19.4 Å². The van der Waals surface area contributed by atoms with Gasteiger partial charge in [-0.05, 0) is 80.0 Å². The van der Waals surface area contributed by atoms with Gasteiger partial charge >= 0.3 is 11.9 Å². The van der Waals surface area contributed by atoms with Gasteiger partial charge in [0, 0.05) is 0 Å². The Kier molecular flexibility index (Phi) is 4.94. The largest absolute Gasteiger partial charge is 0.481 e. The molecule has 2 bridgehead atoms. The van der Waals surface area contributed by atoms with E-state index in [1.807, 2.05) is 13.8 Å². The van der Waals surface area contributed by atoms with Gasteiger partial charge in [0.25, 0.3) is 0 Å². The highest BCUT2D eigenvalue weighted by Crippen LogP contribution is 2.69. The summed E-state index contributed by atoms with van der Waals surface area (Å²) < 4.78 is 5.71. The molecular weight excluding hydrogens is 364 g/mol. The van der Waals surface area contributed by atoms with Crippen LogP contribution < -0.4 is 0 Å². The molecule has 5 rings (SSSR count). The summed E-state index contributed by atoms with van der Waals surface area (Å²) in [4.78, 5) is 25.0. The predicted octanol–water partition coefficient (Wildman–Crippen LogP) is 5.47. The Labute approximate surface area is 175 Å². The molecular formula is C25H38O4. The highest BCUT2D eigenvalue weighted by Gasteiger charge is 2.63. The zero-order valence-electron chi connectivity index (χ0n) is 18.8. The third-order valence-corrected chi connectivity index (χ3v) is 9.68. The Morgan fingerprint density at radius 3 is 2.55 bits per heavy atom. The van der Waals surface area contributed by atoms with Gasteiger partial charge in [0.05, 0.1) is 17.9 Å². The van der Waals surface area contributed by atoms with Crippen LogP contribution in [-0.4, -0.2) is 23.7 Å². The standard InChI is InChI=1S/C25H38O4/c1-15(2)18-14-25-10-7-19-23(4,8-6-9-24(19,5)22(27)28)20(25)13-17(18)16(3)21(26)29-12-11-25/h14-17,19-20H,6-13H2,1-5H3,(H,27,28). The summed E-state index contributed by atoms with van der Waals surface area (Å²) in [7, 11) is 0. The molecule has 1 saturated heterocycles. The van der Waals surface area contributed by atoms with Crippen molar-refractivity contribution >= 4 is 11.9 Å². The average molecular weight is 403 g/mol. The minimum Gasteiger partial charge on any atom is -0.481 e. The van der Waals surface area contributed by atoms with Gasteiger partial charge in [-0.3, -0.25) is 9.59 Å². The average Bonchev–Trinajstić information content (AvgIpc) is 2.73. The Morgan fingerprint density at radius 2 is 1.90 bits per heavy atom. The first-order chi connectivity index (χ1) is 13.5. The number of esters is 1. The molecule has 0 radical (unpaired) electrons. The summed E-state index contributed by atoms with van der Waals surface area (Å²) in [6.07, 6.45) is 9.31. The normalized spacial score (nSPS) is 47.2. The van der Waals surface area contributed by atoms with Crippen LogP contribution in [0.4, 0.5) is 0 Å². The van der Waals surface area contributed by atoms with Gasteiger partial charge in [0.15, 0.2) is 0 Å². The molecule has 7 atom stereocenters. The van der Waals surface area contributed by atoms with Crippen LogP contribution in [0.5, 0.6) is 0 Å². The molecule has 2 heterocycles. The molecule has 3 aliphatic carbocycles. The van der Waals surface area contributed by atoms with Crippen molar-refractivity contribution in [3.05, 3.63) is 11.6 Å². The van der Waals surface area contributed by atoms with E-state index >= 15 is 0 Å². The Morgan fingerprint density at radius 1 is 1.17 bits per heavy atom. The number of aliphatic carboxylic acids is 1. The molecule has 0 amide bonds. The number of carbonyl (C=O) groups excluding carboxylic acids is 1. The minimum atomic E-state index is -0.630. The maximum absolute atomic E-state index is 12.7. The molecule has 5 aliphatic rings. The summed E-state index contributed by atoms with van der Waals surface area (Å²) in [5, 5.41) is 10.1. The number of ether oxygens (including phenoxy) is 1. The lowest BCUT2D eigenvalue weighted by molar-refractivity contribution is -0.177. The molecule has 4 nitrogen and oxygen atoms in total. The van der Waals surface area contributed by atoms with Crippen molar-refractivity contribution in [3.63, 3.8) is 0 Å². The zero-order chi connectivity index (χ0) is 21.2. The van der Waals surface area contributed by atoms with Crippen LogP contribution in [0.2, 0.25) is 0 Å². The molecule has 29 heavy (non-hydrogen) atoms. The predicted molar refractivity (Wildman–Crippen MR) is 112 cm³/mol. The first-order valence-electron chi connectivity index (χ1n) is 11.7. The van der Waals surface area contributed by atoms with Crippen molar-refractivity contribution in [1.82, 2.24) is 0 Å². The molecule has 3 fully saturated rings. The smallest absolute Gasteiger partial charge is 0.309 e. The third kappa shape index (κ3) is 2.91. The number of rotatable bonds is 2. The van der Waals surface area contributed by atoms with E-state index < -0.39 is 11.4 Å². The van der Waals surface area contributed by atoms with E-state index in [-0.39, 0.29) is 34.6 Å². The van der Waals surface area contributed by atoms with Gasteiger partial charge in [-0.25, -0.2) is 0 Å². The van der Waals surface area contributed by atoms with Crippen molar-refractivity contribution in [1.29, 1.82) is 0 Å². The van der Waals surface area contributed by atoms with Crippen LogP contribution in [-0.2, 0) is 14.3 Å². The molecule has 1 N–H and O–H groups in total. The maximum Gasteiger partial charge on any atom is 0.309 e. The Balaban J connectivity index is 1.84. The molecule has 1 spiro atoms. The second kappa shape index (κ2) is 6.85. The summed E-state index contributed by atoms with van der Waals surface area (Å²) in [5.74, 6) is 0.470. The van der Waals surface area contributed by atoms with Crippen molar-refractivity contribution in [2.45, 2.75) is 79.6 Å². The minimum absolute atomic E-state index is 0.00794. The van der Waals surface area contributed by atoms with E-state index in [1.54, 1.807) is 0 Å². The van der Waals surface area contributed by atoms with Gasteiger partial charge in [0.1, 0.15) is 0 Å². The molecule has 2 aliphatic heterocycles. The van der Waals surface area contributed by atoms with E-state index in [0.717, 1.165) is 44.9 Å². The zero-order valence-corrected chi connectivity index (χ0v) is 18.8. The van der Waals surface area contributed by atoms with Gasteiger partial charge < -0.3 is 9.84 Å². The maximum atomic E-state index is 12.7. The lowest BCUT2D eigenvalue weighted by Gasteiger charge is -2.64. The first-order valence-corrected chi connectivity index (χ1v) is 11.7. The van der Waals surface area contributed by atoms with Crippen LogP contribution in [0.15, 0.2) is 11.6 Å². The van der Waals surface area contributed by atoms with Gasteiger partial charge in [0.2, 0.25) is 0 Å². The van der Waals surface area contributed by atoms with Crippen LogP contribution in [0.3, 0.4) is 0 Å². The van der Waals surface area contributed by atoms with Gasteiger partial charge in [-0.1, -0.05) is 45.8 Å². The van der Waals surface area contributed by atoms with E-state index in [1.165, 1.54) is 5.57 Å². The monoisotopic (exact) mass is 402 g/mol. The fourth-order valence-corrected chi connectivity index (χ4v) is 8.08. The first kappa shape index (κ1) is 20.9.